The smallest absolute Gasteiger partial charge is 0.250 e. The van der Waals surface area contributed by atoms with E-state index in [0.29, 0.717) is 16.1 Å². The molecule has 0 atom stereocenters. The second-order valence-electron chi connectivity index (χ2n) is 4.54. The maximum absolute atomic E-state index is 11.4. The van der Waals surface area contributed by atoms with Gasteiger partial charge in [0, 0.05) is 5.02 Å². The van der Waals surface area contributed by atoms with E-state index in [4.69, 9.17) is 17.3 Å². The van der Waals surface area contributed by atoms with E-state index in [1.165, 1.54) is 0 Å². The Labute approximate surface area is 132 Å². The molecular formula is C15H13Cl2N3O. The molecule has 1 amide bonds. The van der Waals surface area contributed by atoms with E-state index in [9.17, 15) is 4.79 Å². The van der Waals surface area contributed by atoms with E-state index in [-0.39, 0.29) is 12.4 Å². The number of aromatic nitrogens is 2. The molecule has 0 aliphatic carbocycles. The van der Waals surface area contributed by atoms with Crippen molar-refractivity contribution in [1.29, 1.82) is 0 Å². The highest BCUT2D eigenvalue weighted by atomic mass is 35.5. The summed E-state index contributed by atoms with van der Waals surface area (Å²) >= 11 is 6.16. The summed E-state index contributed by atoms with van der Waals surface area (Å²) in [5.74, 6) is -0.483. The number of carbonyl (C=O) groups excluding carboxylic acids is 1. The zero-order valence-corrected chi connectivity index (χ0v) is 12.8. The van der Waals surface area contributed by atoms with Crippen LogP contribution >= 0.6 is 24.0 Å². The Hall–Kier alpha value is -2.04. The quantitative estimate of drug-likeness (QED) is 0.785. The fourth-order valence-electron chi connectivity index (χ4n) is 2.29. The fourth-order valence-corrected chi connectivity index (χ4v) is 2.46. The zero-order chi connectivity index (χ0) is 14.3. The SMILES string of the molecule is Cc1c(Cl)cccc1-n1cnc2c(C(N)=O)cccc21.Cl. The molecular weight excluding hydrogens is 309 g/mol. The number of amides is 1. The zero-order valence-electron chi connectivity index (χ0n) is 11.2. The predicted molar refractivity (Wildman–Crippen MR) is 86.6 cm³/mol. The third-order valence-corrected chi connectivity index (χ3v) is 3.75. The van der Waals surface area contributed by atoms with Crippen LogP contribution in [0.4, 0.5) is 0 Å². The van der Waals surface area contributed by atoms with E-state index >= 15 is 0 Å². The number of rotatable bonds is 2. The number of hydrogen-bond acceptors (Lipinski definition) is 2. The lowest BCUT2D eigenvalue weighted by molar-refractivity contribution is 0.100. The Morgan fingerprint density at radius 3 is 2.67 bits per heavy atom. The molecule has 108 valence electrons. The molecule has 0 unspecified atom stereocenters. The summed E-state index contributed by atoms with van der Waals surface area (Å²) < 4.78 is 1.91. The number of imidazole rings is 1. The third kappa shape index (κ3) is 2.48. The number of halogens is 2. The van der Waals surface area contributed by atoms with E-state index in [2.05, 4.69) is 4.98 Å². The number of hydrogen-bond donors (Lipinski definition) is 1. The van der Waals surface area contributed by atoms with Crippen molar-refractivity contribution in [3.05, 3.63) is 58.9 Å². The Morgan fingerprint density at radius 2 is 1.95 bits per heavy atom. The van der Waals surface area contributed by atoms with Crippen LogP contribution in [0.15, 0.2) is 42.7 Å². The number of carbonyl (C=O) groups is 1. The van der Waals surface area contributed by atoms with Gasteiger partial charge in [0.1, 0.15) is 11.8 Å². The van der Waals surface area contributed by atoms with Gasteiger partial charge in [0.05, 0.1) is 16.8 Å². The van der Waals surface area contributed by atoms with Crippen LogP contribution in [0, 0.1) is 6.92 Å². The van der Waals surface area contributed by atoms with Gasteiger partial charge < -0.3 is 5.73 Å². The number of nitrogens with two attached hydrogens (primary N) is 1. The molecule has 2 N–H and O–H groups in total. The predicted octanol–water partition coefficient (Wildman–Crippen LogP) is 3.51. The average Bonchev–Trinajstić information content (AvgIpc) is 2.85. The van der Waals surface area contributed by atoms with Gasteiger partial charge in [0.15, 0.2) is 0 Å². The molecule has 4 nitrogen and oxygen atoms in total. The Balaban J connectivity index is 0.00000161. The maximum Gasteiger partial charge on any atom is 0.250 e. The van der Waals surface area contributed by atoms with Gasteiger partial charge in [-0.2, -0.15) is 0 Å². The first-order valence-corrected chi connectivity index (χ1v) is 6.48. The molecule has 6 heteroatoms. The molecule has 0 bridgehead atoms. The highest BCUT2D eigenvalue weighted by molar-refractivity contribution is 6.31. The molecule has 21 heavy (non-hydrogen) atoms. The number of benzene rings is 2. The lowest BCUT2D eigenvalue weighted by Crippen LogP contribution is -2.11. The normalized spacial score (nSPS) is 10.4. The molecule has 0 spiro atoms. The molecule has 1 heterocycles. The van der Waals surface area contributed by atoms with Crippen LogP contribution in [-0.2, 0) is 0 Å². The summed E-state index contributed by atoms with van der Waals surface area (Å²) in [6.45, 7) is 1.95. The van der Waals surface area contributed by atoms with Crippen molar-refractivity contribution >= 4 is 40.9 Å². The van der Waals surface area contributed by atoms with Crippen molar-refractivity contribution in [2.24, 2.45) is 5.73 Å². The molecule has 3 aromatic rings. The topological polar surface area (TPSA) is 60.9 Å². The lowest BCUT2D eigenvalue weighted by atomic mass is 10.1. The fraction of sp³-hybridized carbons (Fsp3) is 0.0667. The van der Waals surface area contributed by atoms with Crippen LogP contribution in [0.25, 0.3) is 16.7 Å². The molecule has 0 aliphatic heterocycles. The average molecular weight is 322 g/mol. The lowest BCUT2D eigenvalue weighted by Gasteiger charge is -2.09. The van der Waals surface area contributed by atoms with Gasteiger partial charge in [-0.15, -0.1) is 12.4 Å². The monoisotopic (exact) mass is 321 g/mol. The van der Waals surface area contributed by atoms with Crippen LogP contribution in [0.3, 0.4) is 0 Å². The van der Waals surface area contributed by atoms with Gasteiger partial charge in [-0.3, -0.25) is 9.36 Å². The molecule has 2 aromatic carbocycles. The number of para-hydroxylation sites is 1. The molecule has 0 saturated carbocycles. The molecule has 0 fully saturated rings. The Kier molecular flexibility index (Phi) is 4.21. The third-order valence-electron chi connectivity index (χ3n) is 3.34. The van der Waals surface area contributed by atoms with Crippen molar-refractivity contribution in [3.63, 3.8) is 0 Å². The van der Waals surface area contributed by atoms with Crippen LogP contribution in [-0.4, -0.2) is 15.5 Å². The minimum atomic E-state index is -0.483. The molecule has 3 rings (SSSR count). The summed E-state index contributed by atoms with van der Waals surface area (Å²) in [5, 5.41) is 0.690. The van der Waals surface area contributed by atoms with E-state index in [1.807, 2.05) is 35.8 Å². The van der Waals surface area contributed by atoms with Crippen molar-refractivity contribution in [2.45, 2.75) is 6.92 Å². The van der Waals surface area contributed by atoms with E-state index < -0.39 is 5.91 Å². The van der Waals surface area contributed by atoms with Crippen LogP contribution in [0.1, 0.15) is 15.9 Å². The van der Waals surface area contributed by atoms with Crippen molar-refractivity contribution in [2.75, 3.05) is 0 Å². The van der Waals surface area contributed by atoms with Gasteiger partial charge in [-0.05, 0) is 36.8 Å². The van der Waals surface area contributed by atoms with Crippen LogP contribution < -0.4 is 5.73 Å². The minimum absolute atomic E-state index is 0. The second-order valence-corrected chi connectivity index (χ2v) is 4.94. The summed E-state index contributed by atoms with van der Waals surface area (Å²) in [6.07, 6.45) is 1.68. The standard InChI is InChI=1S/C15H12ClN3O.ClH/c1-9-11(16)5-3-6-12(9)19-8-18-14-10(15(17)20)4-2-7-13(14)19;/h2-8H,1H3,(H2,17,20);1H. The molecule has 0 radical (unpaired) electrons. The molecule has 0 aliphatic rings. The summed E-state index contributed by atoms with van der Waals surface area (Å²) in [4.78, 5) is 15.7. The Bertz CT molecular complexity index is 827. The van der Waals surface area contributed by atoms with Gasteiger partial charge in [0.25, 0.3) is 5.91 Å². The van der Waals surface area contributed by atoms with Crippen molar-refractivity contribution in [1.82, 2.24) is 9.55 Å². The maximum atomic E-state index is 11.4. The molecule has 0 saturated heterocycles. The minimum Gasteiger partial charge on any atom is -0.366 e. The Morgan fingerprint density at radius 1 is 1.24 bits per heavy atom. The second kappa shape index (κ2) is 5.76. The largest absolute Gasteiger partial charge is 0.366 e. The molecule has 1 aromatic heterocycles. The first-order chi connectivity index (χ1) is 9.59. The summed E-state index contributed by atoms with van der Waals surface area (Å²) in [6, 6.07) is 11.0. The number of nitrogens with zero attached hydrogens (tertiary/aromatic N) is 2. The first kappa shape index (κ1) is 15.4. The number of fused-ring (bicyclic) bond motifs is 1. The number of primary amides is 1. The van der Waals surface area contributed by atoms with Gasteiger partial charge in [-0.1, -0.05) is 23.7 Å². The van der Waals surface area contributed by atoms with E-state index in [1.54, 1.807) is 18.5 Å². The van der Waals surface area contributed by atoms with Gasteiger partial charge in [0.2, 0.25) is 0 Å². The van der Waals surface area contributed by atoms with Crippen molar-refractivity contribution in [3.8, 4) is 5.69 Å². The van der Waals surface area contributed by atoms with Crippen LogP contribution in [0.2, 0.25) is 5.02 Å². The first-order valence-electron chi connectivity index (χ1n) is 6.11. The van der Waals surface area contributed by atoms with Gasteiger partial charge >= 0.3 is 0 Å². The van der Waals surface area contributed by atoms with Gasteiger partial charge in [-0.25, -0.2) is 4.98 Å². The summed E-state index contributed by atoms with van der Waals surface area (Å²) in [7, 11) is 0. The summed E-state index contributed by atoms with van der Waals surface area (Å²) in [5.41, 5.74) is 9.10. The van der Waals surface area contributed by atoms with Crippen LogP contribution in [0.5, 0.6) is 0 Å². The van der Waals surface area contributed by atoms with Crippen molar-refractivity contribution < 1.29 is 4.79 Å². The highest BCUT2D eigenvalue weighted by Gasteiger charge is 2.13. The van der Waals surface area contributed by atoms with E-state index in [0.717, 1.165) is 16.8 Å². The highest BCUT2D eigenvalue weighted by Crippen LogP contribution is 2.26.